The molecule has 0 saturated carbocycles. The number of ether oxygens (including phenoxy) is 2. The van der Waals surface area contributed by atoms with Crippen LogP contribution in [0.3, 0.4) is 0 Å². The van der Waals surface area contributed by atoms with Gasteiger partial charge in [-0.15, -0.1) is 0 Å². The summed E-state index contributed by atoms with van der Waals surface area (Å²) in [5, 5.41) is 0. The third-order valence-corrected chi connectivity index (χ3v) is 4.46. The average molecular weight is 402 g/mol. The Morgan fingerprint density at radius 1 is 1.07 bits per heavy atom. The first kappa shape index (κ1) is 22.5. The van der Waals surface area contributed by atoms with Crippen LogP contribution < -0.4 is 4.74 Å². The number of hydrogen-bond donors (Lipinski definition) is 0. The molecule has 0 radical (unpaired) electrons. The second-order valence-electron chi connectivity index (χ2n) is 6.78. The molecule has 1 aromatic heterocycles. The van der Waals surface area contributed by atoms with Crippen LogP contribution in [0.15, 0.2) is 34.9 Å². The van der Waals surface area contributed by atoms with Crippen LogP contribution >= 0.6 is 0 Å². The highest BCUT2D eigenvalue weighted by atomic mass is 16.5. The first-order valence-corrected chi connectivity index (χ1v) is 10.1. The monoisotopic (exact) mass is 402 g/mol. The Kier molecular flexibility index (Phi) is 9.21. The Morgan fingerprint density at radius 2 is 1.79 bits per heavy atom. The Morgan fingerprint density at radius 3 is 2.45 bits per heavy atom. The van der Waals surface area contributed by atoms with Crippen molar-refractivity contribution < 1.29 is 23.5 Å². The molecule has 158 valence electrons. The van der Waals surface area contributed by atoms with Gasteiger partial charge in [0.1, 0.15) is 12.0 Å². The number of carbonyl (C=O) groups excluding carboxylic acids is 2. The van der Waals surface area contributed by atoms with Crippen molar-refractivity contribution in [3.05, 3.63) is 47.7 Å². The summed E-state index contributed by atoms with van der Waals surface area (Å²) in [6.45, 7) is 5.66. The molecule has 7 heteroatoms. The van der Waals surface area contributed by atoms with Crippen molar-refractivity contribution in [2.24, 2.45) is 0 Å². The molecule has 0 bridgehead atoms. The van der Waals surface area contributed by atoms with E-state index in [4.69, 9.17) is 9.15 Å². The van der Waals surface area contributed by atoms with Gasteiger partial charge in [-0.3, -0.25) is 4.79 Å². The lowest BCUT2D eigenvalue weighted by Crippen LogP contribution is -2.31. The number of oxazole rings is 1. The van der Waals surface area contributed by atoms with Crippen molar-refractivity contribution in [1.82, 2.24) is 9.88 Å². The fourth-order valence-electron chi connectivity index (χ4n) is 2.76. The van der Waals surface area contributed by atoms with E-state index in [1.807, 2.05) is 12.1 Å². The first-order chi connectivity index (χ1) is 14.1. The van der Waals surface area contributed by atoms with Crippen LogP contribution in [0.1, 0.15) is 72.7 Å². The van der Waals surface area contributed by atoms with E-state index in [1.54, 1.807) is 17.0 Å². The van der Waals surface area contributed by atoms with Gasteiger partial charge in [0, 0.05) is 12.1 Å². The maximum atomic E-state index is 13.0. The van der Waals surface area contributed by atoms with Gasteiger partial charge in [-0.2, -0.15) is 0 Å². The molecule has 1 amide bonds. The predicted octanol–water partition coefficient (Wildman–Crippen LogP) is 4.47. The van der Waals surface area contributed by atoms with E-state index in [0.717, 1.165) is 37.9 Å². The zero-order valence-corrected chi connectivity index (χ0v) is 17.5. The van der Waals surface area contributed by atoms with Gasteiger partial charge in [-0.1, -0.05) is 33.1 Å². The summed E-state index contributed by atoms with van der Waals surface area (Å²) in [6.07, 6.45) is 6.27. The number of unbranched alkanes of at least 4 members (excludes halogenated alkanes) is 3. The number of aromatic nitrogens is 1. The van der Waals surface area contributed by atoms with E-state index >= 15 is 0 Å². The summed E-state index contributed by atoms with van der Waals surface area (Å²) in [4.78, 5) is 30.4. The van der Waals surface area contributed by atoms with Crippen LogP contribution in [0.4, 0.5) is 0 Å². The summed E-state index contributed by atoms with van der Waals surface area (Å²) < 4.78 is 15.7. The lowest BCUT2D eigenvalue weighted by Gasteiger charge is -2.21. The number of benzene rings is 1. The van der Waals surface area contributed by atoms with E-state index in [1.165, 1.54) is 13.4 Å². The Balaban J connectivity index is 2.08. The molecular weight excluding hydrogens is 372 g/mol. The van der Waals surface area contributed by atoms with Crippen LogP contribution in [0.2, 0.25) is 0 Å². The smallest absolute Gasteiger partial charge is 0.360 e. The van der Waals surface area contributed by atoms with Gasteiger partial charge in [-0.05, 0) is 37.1 Å². The molecule has 1 heterocycles. The van der Waals surface area contributed by atoms with E-state index in [-0.39, 0.29) is 18.1 Å². The van der Waals surface area contributed by atoms with Crippen LogP contribution in [0.5, 0.6) is 5.75 Å². The maximum absolute atomic E-state index is 13.0. The summed E-state index contributed by atoms with van der Waals surface area (Å²) in [5.41, 5.74) is 0.668. The fourth-order valence-corrected chi connectivity index (χ4v) is 2.76. The second kappa shape index (κ2) is 11.9. The van der Waals surface area contributed by atoms with Gasteiger partial charge in [0.05, 0.1) is 20.3 Å². The topological polar surface area (TPSA) is 81.9 Å². The zero-order valence-electron chi connectivity index (χ0n) is 17.5. The van der Waals surface area contributed by atoms with Gasteiger partial charge in [0.25, 0.3) is 5.91 Å². The first-order valence-electron chi connectivity index (χ1n) is 10.1. The maximum Gasteiger partial charge on any atom is 0.360 e. The molecular formula is C22H30N2O5. The normalized spacial score (nSPS) is 10.6. The standard InChI is InChI=1S/C22H30N2O5/c1-4-6-8-13-24(15-20-23-19(16-29-20)22(26)27-3)21(25)17-9-11-18(12-10-17)28-14-7-5-2/h9-12,16H,4-8,13-15H2,1-3H3. The minimum absolute atomic E-state index is 0.0945. The number of carbonyl (C=O) groups is 2. The molecule has 0 saturated heterocycles. The molecule has 0 N–H and O–H groups in total. The van der Waals surface area contributed by atoms with Crippen molar-refractivity contribution in [2.75, 3.05) is 20.3 Å². The highest BCUT2D eigenvalue weighted by molar-refractivity contribution is 5.94. The predicted molar refractivity (Wildman–Crippen MR) is 109 cm³/mol. The Hall–Kier alpha value is -2.83. The molecule has 2 rings (SSSR count). The molecule has 0 spiro atoms. The highest BCUT2D eigenvalue weighted by Gasteiger charge is 2.20. The van der Waals surface area contributed by atoms with Gasteiger partial charge in [0.15, 0.2) is 5.69 Å². The summed E-state index contributed by atoms with van der Waals surface area (Å²) in [6, 6.07) is 7.17. The molecule has 0 aliphatic carbocycles. The second-order valence-corrected chi connectivity index (χ2v) is 6.78. The van der Waals surface area contributed by atoms with Crippen molar-refractivity contribution in [1.29, 1.82) is 0 Å². The van der Waals surface area contributed by atoms with E-state index in [9.17, 15) is 9.59 Å². The lowest BCUT2D eigenvalue weighted by molar-refractivity contribution is 0.0594. The van der Waals surface area contributed by atoms with Gasteiger partial charge >= 0.3 is 5.97 Å². The number of rotatable bonds is 12. The van der Waals surface area contributed by atoms with Gasteiger partial charge < -0.3 is 18.8 Å². The molecule has 2 aromatic rings. The largest absolute Gasteiger partial charge is 0.494 e. The summed E-state index contributed by atoms with van der Waals surface area (Å²) in [5.74, 6) is 0.374. The quantitative estimate of drug-likeness (QED) is 0.385. The van der Waals surface area contributed by atoms with Crippen LogP contribution in [-0.2, 0) is 11.3 Å². The number of amides is 1. The highest BCUT2D eigenvalue weighted by Crippen LogP contribution is 2.17. The Labute approximate surface area is 172 Å². The zero-order chi connectivity index (χ0) is 21.1. The van der Waals surface area contributed by atoms with Crippen LogP contribution in [0, 0.1) is 0 Å². The lowest BCUT2D eigenvalue weighted by atomic mass is 10.1. The van der Waals surface area contributed by atoms with Crippen molar-refractivity contribution in [2.45, 2.75) is 52.5 Å². The number of nitrogens with zero attached hydrogens (tertiary/aromatic N) is 2. The van der Waals surface area contributed by atoms with E-state index < -0.39 is 5.97 Å². The molecule has 1 aromatic carbocycles. The molecule has 0 fully saturated rings. The molecule has 7 nitrogen and oxygen atoms in total. The van der Waals surface area contributed by atoms with Gasteiger partial charge in [0.2, 0.25) is 5.89 Å². The third kappa shape index (κ3) is 6.93. The van der Waals surface area contributed by atoms with E-state index in [2.05, 4.69) is 23.6 Å². The van der Waals surface area contributed by atoms with E-state index in [0.29, 0.717) is 24.6 Å². The molecule has 29 heavy (non-hydrogen) atoms. The minimum Gasteiger partial charge on any atom is -0.494 e. The number of esters is 1. The minimum atomic E-state index is -0.567. The fraction of sp³-hybridized carbons (Fsp3) is 0.500. The Bertz CT molecular complexity index is 770. The molecule has 0 aliphatic heterocycles. The molecule has 0 aliphatic rings. The van der Waals surface area contributed by atoms with Crippen LogP contribution in [-0.4, -0.2) is 42.0 Å². The third-order valence-electron chi connectivity index (χ3n) is 4.46. The molecule has 0 unspecified atom stereocenters. The summed E-state index contributed by atoms with van der Waals surface area (Å²) in [7, 11) is 1.28. The van der Waals surface area contributed by atoms with Crippen molar-refractivity contribution in [3.8, 4) is 5.75 Å². The number of methoxy groups -OCH3 is 1. The van der Waals surface area contributed by atoms with Crippen LogP contribution in [0.25, 0.3) is 0 Å². The SMILES string of the molecule is CCCCCN(Cc1nc(C(=O)OC)co1)C(=O)c1ccc(OCCCC)cc1. The number of hydrogen-bond acceptors (Lipinski definition) is 6. The average Bonchev–Trinajstić information content (AvgIpc) is 3.21. The summed E-state index contributed by atoms with van der Waals surface area (Å²) >= 11 is 0. The van der Waals surface area contributed by atoms with Crippen molar-refractivity contribution in [3.63, 3.8) is 0 Å². The van der Waals surface area contributed by atoms with Gasteiger partial charge in [-0.25, -0.2) is 9.78 Å². The molecule has 0 atom stereocenters. The van der Waals surface area contributed by atoms with Crippen molar-refractivity contribution >= 4 is 11.9 Å².